The third kappa shape index (κ3) is 10.8. The summed E-state index contributed by atoms with van der Waals surface area (Å²) >= 11 is 0. The molecule has 0 unspecified atom stereocenters. The fourth-order valence-electron chi connectivity index (χ4n) is 12.7. The van der Waals surface area contributed by atoms with Crippen molar-refractivity contribution in [1.29, 1.82) is 0 Å². The quantitative estimate of drug-likeness (QED) is 0.0571. The second-order valence-corrected chi connectivity index (χ2v) is 24.2. The maximum absolute atomic E-state index is 14.5. The van der Waals surface area contributed by atoms with Gasteiger partial charge in [-0.25, -0.2) is 13.1 Å². The molecule has 5 aromatic rings. The van der Waals surface area contributed by atoms with Gasteiger partial charge in [-0.05, 0) is 117 Å². The van der Waals surface area contributed by atoms with Crippen molar-refractivity contribution < 1.29 is 42.2 Å². The molecule has 19 heteroatoms. The van der Waals surface area contributed by atoms with E-state index < -0.39 is 37.0 Å². The van der Waals surface area contributed by atoms with Gasteiger partial charge in [-0.15, -0.1) is 0 Å². The molecule has 0 radical (unpaired) electrons. The van der Waals surface area contributed by atoms with Crippen molar-refractivity contribution in [3.05, 3.63) is 99.7 Å². The molecule has 11 rings (SSSR count). The fraction of sp³-hybridized carbons (Fsp3) is 0.536. The molecule has 18 nitrogen and oxygen atoms in total. The Labute approximate surface area is 438 Å². The smallest absolute Gasteiger partial charge is 0.297 e. The Balaban J connectivity index is 0.839. The lowest BCUT2D eigenvalue weighted by molar-refractivity contribution is -0.384. The number of anilines is 2. The number of sulfonamides is 1. The van der Waals surface area contributed by atoms with E-state index in [4.69, 9.17) is 23.9 Å². The lowest BCUT2D eigenvalue weighted by atomic mass is 9.70. The van der Waals surface area contributed by atoms with Gasteiger partial charge in [-0.2, -0.15) is 4.98 Å². The Kier molecular flexibility index (Phi) is 14.2. The number of fused-ring (bicyclic) bond motifs is 2. The van der Waals surface area contributed by atoms with E-state index in [1.54, 1.807) is 24.4 Å². The zero-order valence-corrected chi connectivity index (χ0v) is 44.0. The third-order valence-corrected chi connectivity index (χ3v) is 18.4. The number of piperidine rings is 1. The van der Waals surface area contributed by atoms with Gasteiger partial charge in [-0.1, -0.05) is 44.5 Å². The number of benzene rings is 3. The molecule has 1 spiro atoms. The molecule has 75 heavy (non-hydrogen) atoms. The summed E-state index contributed by atoms with van der Waals surface area (Å²) in [5.74, 6) is 0.639. The molecule has 3 saturated heterocycles. The number of ether oxygens (including phenoxy) is 4. The number of likely N-dealkylation sites (tertiary alicyclic amines) is 1. The molecular weight excluding hydrogens is 977 g/mol. The molecule has 6 heterocycles. The first-order valence-corrected chi connectivity index (χ1v) is 28.4. The molecule has 3 atom stereocenters. The maximum atomic E-state index is 14.5. The van der Waals surface area contributed by atoms with Crippen LogP contribution in [0, 0.1) is 21.4 Å². The Morgan fingerprint density at radius 2 is 1.75 bits per heavy atom. The summed E-state index contributed by atoms with van der Waals surface area (Å²) in [5, 5.41) is 27.0. The number of hydrogen-bond acceptors (Lipinski definition) is 15. The topological polar surface area (TPSA) is 214 Å². The number of pyridine rings is 1. The minimum atomic E-state index is -4.73. The van der Waals surface area contributed by atoms with Gasteiger partial charge in [0.25, 0.3) is 27.5 Å². The predicted molar refractivity (Wildman–Crippen MR) is 285 cm³/mol. The second kappa shape index (κ2) is 20.9. The van der Waals surface area contributed by atoms with E-state index in [1.807, 2.05) is 19.1 Å². The Morgan fingerprint density at radius 3 is 2.51 bits per heavy atom. The zero-order chi connectivity index (χ0) is 52.1. The van der Waals surface area contributed by atoms with E-state index in [0.29, 0.717) is 75.6 Å². The first kappa shape index (κ1) is 51.1. The van der Waals surface area contributed by atoms with Crippen molar-refractivity contribution in [3.8, 4) is 23.1 Å². The fourth-order valence-corrected chi connectivity index (χ4v) is 13.7. The number of nitrogens with one attached hydrogen (secondary N) is 3. The third-order valence-electron chi connectivity index (χ3n) is 17.1. The highest BCUT2D eigenvalue weighted by Gasteiger charge is 2.49. The predicted octanol–water partition coefficient (Wildman–Crippen LogP) is 8.57. The lowest BCUT2D eigenvalue weighted by Gasteiger charge is -2.57. The van der Waals surface area contributed by atoms with Crippen LogP contribution >= 0.6 is 0 Å². The van der Waals surface area contributed by atoms with Gasteiger partial charge in [0.1, 0.15) is 24.6 Å². The van der Waals surface area contributed by atoms with Crippen molar-refractivity contribution in [2.75, 3.05) is 82.5 Å². The van der Waals surface area contributed by atoms with Crippen LogP contribution in [0.3, 0.4) is 0 Å². The van der Waals surface area contributed by atoms with E-state index >= 15 is 0 Å². The minimum absolute atomic E-state index is 0.00804. The van der Waals surface area contributed by atoms with Crippen molar-refractivity contribution in [2.24, 2.45) is 11.3 Å². The summed E-state index contributed by atoms with van der Waals surface area (Å²) in [6.45, 7) is 14.1. The highest BCUT2D eigenvalue weighted by Crippen LogP contribution is 2.50. The van der Waals surface area contributed by atoms with E-state index in [0.717, 1.165) is 69.3 Å². The summed E-state index contributed by atoms with van der Waals surface area (Å²) < 4.78 is 55.2. The molecule has 3 aromatic carbocycles. The average Bonchev–Trinajstić information content (AvgIpc) is 4.08. The van der Waals surface area contributed by atoms with Gasteiger partial charge < -0.3 is 39.3 Å². The molecule has 2 aliphatic carbocycles. The molecule has 1 amide bonds. The van der Waals surface area contributed by atoms with Gasteiger partial charge in [0.15, 0.2) is 17.2 Å². The number of nitro groups is 1. The SMILES string of the molecule is CC(C)c1ccccc1[C@H]1CCC[C@H]1N1CC2(CCN(c3ccc(C(=O)NS(=O)(=O)c4cc5c(c([N+](=O)[O-])c4)N[C@@H](C4CCC(C)(O)CC4)CO5)c(Oc4cc5cc[nH]c5nc4OCCN4CCOCC4)c3)CC2)C1. The Bertz CT molecular complexity index is 3020. The number of carbonyl (C=O) groups excluding carboxylic acids is 1. The zero-order valence-electron chi connectivity index (χ0n) is 43.2. The number of aromatic amines is 1. The number of nitrogens with zero attached hydrogens (tertiary/aromatic N) is 5. The van der Waals surface area contributed by atoms with Crippen molar-refractivity contribution in [3.63, 3.8) is 0 Å². The van der Waals surface area contributed by atoms with Crippen LogP contribution in [0.25, 0.3) is 11.0 Å². The first-order chi connectivity index (χ1) is 36.1. The number of morpholine rings is 1. The van der Waals surface area contributed by atoms with Crippen LogP contribution in [0.4, 0.5) is 17.1 Å². The summed E-state index contributed by atoms with van der Waals surface area (Å²) in [6.07, 6.45) is 10.1. The molecule has 4 N–H and O–H groups in total. The molecule has 5 fully saturated rings. The Morgan fingerprint density at radius 1 is 0.973 bits per heavy atom. The van der Waals surface area contributed by atoms with Crippen LogP contribution in [0.15, 0.2) is 77.8 Å². The minimum Gasteiger partial charge on any atom is -0.489 e. The maximum Gasteiger partial charge on any atom is 0.297 e. The van der Waals surface area contributed by atoms with Gasteiger partial charge in [0, 0.05) is 87.3 Å². The monoisotopic (exact) mass is 1050 g/mol. The number of rotatable bonds is 15. The second-order valence-electron chi connectivity index (χ2n) is 22.5. The van der Waals surface area contributed by atoms with E-state index in [1.165, 1.54) is 36.5 Å². The van der Waals surface area contributed by atoms with Crippen molar-refractivity contribution >= 4 is 44.0 Å². The van der Waals surface area contributed by atoms with Gasteiger partial charge in [0.2, 0.25) is 0 Å². The van der Waals surface area contributed by atoms with Crippen LogP contribution < -0.4 is 29.1 Å². The first-order valence-electron chi connectivity index (χ1n) is 26.9. The standard InChI is InChI=1S/C56H70N8O10S/c1-36(2)41-7-4-5-8-42(41)43-9-6-10-46(43)63-34-56(35-63)18-21-62(22-19-56)39-11-12-44(48(30-39)74-50-29-38-15-20-57-52(38)59-54(50)72-28-25-61-23-26-71-27-24-61)53(65)60-75(69,70)40-31-47(64(67)68)51-49(32-40)73-33-45(58-51)37-13-16-55(3,66)17-14-37/h4-5,7-8,11-12,15,20,29-32,36-37,43,45-46,58,66H,6,9-10,13-14,16-19,21-28,33-35H2,1-3H3,(H,57,59)(H,60,65)/t37?,43-,45-,46-,55?/m1/s1. The number of H-pyrrole nitrogens is 1. The highest BCUT2D eigenvalue weighted by atomic mass is 32.2. The normalized spacial score (nSPS) is 25.1. The molecule has 6 aliphatic rings. The number of aromatic nitrogens is 2. The molecule has 4 aliphatic heterocycles. The van der Waals surface area contributed by atoms with Gasteiger partial charge in [-0.3, -0.25) is 24.7 Å². The van der Waals surface area contributed by atoms with Crippen LogP contribution in [0.5, 0.6) is 23.1 Å². The number of carbonyl (C=O) groups is 1. The van der Waals surface area contributed by atoms with Crippen LogP contribution in [-0.4, -0.2) is 134 Å². The van der Waals surface area contributed by atoms with Crippen molar-refractivity contribution in [1.82, 2.24) is 24.5 Å². The summed E-state index contributed by atoms with van der Waals surface area (Å²) in [7, 11) is -4.73. The molecule has 2 saturated carbocycles. The van der Waals surface area contributed by atoms with E-state index in [2.05, 4.69) is 67.8 Å². The van der Waals surface area contributed by atoms with E-state index in [-0.39, 0.29) is 58.4 Å². The van der Waals surface area contributed by atoms with E-state index in [9.17, 15) is 28.4 Å². The summed E-state index contributed by atoms with van der Waals surface area (Å²) in [6, 6.07) is 20.2. The van der Waals surface area contributed by atoms with Crippen LogP contribution in [0.2, 0.25) is 0 Å². The van der Waals surface area contributed by atoms with Crippen LogP contribution in [-0.2, 0) is 14.8 Å². The highest BCUT2D eigenvalue weighted by molar-refractivity contribution is 7.90. The Hall–Kier alpha value is -5.99. The van der Waals surface area contributed by atoms with Crippen LogP contribution in [0.1, 0.15) is 112 Å². The number of aliphatic hydroxyl groups is 1. The van der Waals surface area contributed by atoms with Gasteiger partial charge in [0.05, 0.1) is 40.2 Å². The molecule has 400 valence electrons. The van der Waals surface area contributed by atoms with Crippen molar-refractivity contribution in [2.45, 2.75) is 113 Å². The number of hydrogen-bond donors (Lipinski definition) is 4. The molecule has 2 aromatic heterocycles. The number of amides is 1. The lowest BCUT2D eigenvalue weighted by Crippen LogP contribution is -2.63. The summed E-state index contributed by atoms with van der Waals surface area (Å²) in [5.41, 5.74) is 3.35. The van der Waals surface area contributed by atoms with Gasteiger partial charge >= 0.3 is 0 Å². The summed E-state index contributed by atoms with van der Waals surface area (Å²) in [4.78, 5) is 41.0. The molecular formula is C56H70N8O10S. The molecule has 0 bridgehead atoms. The number of nitro benzene ring substituents is 1. The largest absolute Gasteiger partial charge is 0.489 e. The average molecular weight is 1050 g/mol.